The van der Waals surface area contributed by atoms with Crippen molar-refractivity contribution in [3.63, 3.8) is 0 Å². The van der Waals surface area contributed by atoms with Gasteiger partial charge in [-0.2, -0.15) is 8.78 Å². The normalized spacial score (nSPS) is 18.0. The van der Waals surface area contributed by atoms with Gasteiger partial charge in [0.2, 0.25) is 5.56 Å². The average molecular weight is 444 g/mol. The van der Waals surface area contributed by atoms with E-state index in [1.165, 1.54) is 18.2 Å². The number of ether oxygens (including phenoxy) is 1. The number of hydrogen-bond acceptors (Lipinski definition) is 4. The first-order valence-corrected chi connectivity index (χ1v) is 9.92. The van der Waals surface area contributed by atoms with Gasteiger partial charge in [0.05, 0.1) is 17.5 Å². The summed E-state index contributed by atoms with van der Waals surface area (Å²) in [6.07, 6.45) is 2.87. The van der Waals surface area contributed by atoms with E-state index in [4.69, 9.17) is 16.3 Å². The molecule has 1 aromatic carbocycles. The summed E-state index contributed by atoms with van der Waals surface area (Å²) in [7, 11) is 0. The molecule has 0 saturated heterocycles. The van der Waals surface area contributed by atoms with Crippen molar-refractivity contribution < 1.29 is 18.6 Å². The number of pyridine rings is 2. The van der Waals surface area contributed by atoms with Gasteiger partial charge >= 0.3 is 6.61 Å². The maximum Gasteiger partial charge on any atom is 0.387 e. The van der Waals surface area contributed by atoms with E-state index < -0.39 is 18.6 Å². The summed E-state index contributed by atoms with van der Waals surface area (Å²) >= 11 is 6.15. The highest BCUT2D eigenvalue weighted by Gasteiger charge is 2.37. The van der Waals surface area contributed by atoms with Gasteiger partial charge in [-0.15, -0.1) is 0 Å². The highest BCUT2D eigenvalue weighted by molar-refractivity contribution is 6.30. The van der Waals surface area contributed by atoms with Crippen LogP contribution in [-0.4, -0.2) is 26.1 Å². The Morgan fingerprint density at radius 1 is 1.19 bits per heavy atom. The maximum absolute atomic E-state index is 13.0. The molecule has 2 atom stereocenters. The minimum atomic E-state index is -2.99. The van der Waals surface area contributed by atoms with E-state index in [-0.39, 0.29) is 17.7 Å². The molecule has 1 aliphatic carbocycles. The first-order chi connectivity index (χ1) is 14.9. The number of H-pyrrole nitrogens is 1. The molecule has 158 valence electrons. The van der Waals surface area contributed by atoms with Crippen LogP contribution in [0.25, 0.3) is 16.8 Å². The van der Waals surface area contributed by atoms with Crippen LogP contribution in [0.1, 0.15) is 35.4 Å². The third-order valence-corrected chi connectivity index (χ3v) is 5.70. The molecule has 31 heavy (non-hydrogen) atoms. The van der Waals surface area contributed by atoms with Crippen LogP contribution in [0.2, 0.25) is 5.02 Å². The second-order valence-electron chi connectivity index (χ2n) is 7.33. The largest absolute Gasteiger partial charge is 0.435 e. The maximum atomic E-state index is 13.0. The van der Waals surface area contributed by atoms with E-state index >= 15 is 0 Å². The monoisotopic (exact) mass is 443 g/mol. The van der Waals surface area contributed by atoms with Gasteiger partial charge in [-0.3, -0.25) is 4.79 Å². The van der Waals surface area contributed by atoms with Crippen molar-refractivity contribution >= 4 is 17.2 Å². The number of imidazole rings is 1. The van der Waals surface area contributed by atoms with Crippen molar-refractivity contribution in [3.05, 3.63) is 87.2 Å². The summed E-state index contributed by atoms with van der Waals surface area (Å²) < 4.78 is 32.5. The first-order valence-electron chi connectivity index (χ1n) is 9.54. The topological polar surface area (TPSA) is 79.6 Å². The quantitative estimate of drug-likeness (QED) is 0.486. The molecule has 3 heterocycles. The van der Waals surface area contributed by atoms with E-state index in [1.807, 2.05) is 16.7 Å². The van der Waals surface area contributed by atoms with Crippen LogP contribution in [0.15, 0.2) is 59.7 Å². The fraction of sp³-hybridized carbons (Fsp3) is 0.182. The second-order valence-corrected chi connectivity index (χ2v) is 7.77. The Balaban J connectivity index is 1.68. The molecule has 2 unspecified atom stereocenters. The number of alkyl halides is 2. The van der Waals surface area contributed by atoms with Crippen molar-refractivity contribution in [1.82, 2.24) is 14.4 Å². The Morgan fingerprint density at radius 2 is 2.00 bits per heavy atom. The molecular weight excluding hydrogens is 428 g/mol. The van der Waals surface area contributed by atoms with E-state index in [9.17, 15) is 18.7 Å². The number of halogens is 3. The van der Waals surface area contributed by atoms with Crippen LogP contribution in [0.5, 0.6) is 5.75 Å². The summed E-state index contributed by atoms with van der Waals surface area (Å²) in [5, 5.41) is 11.0. The van der Waals surface area contributed by atoms with Crippen molar-refractivity contribution in [2.75, 3.05) is 0 Å². The minimum Gasteiger partial charge on any atom is -0.435 e. The molecule has 3 aromatic heterocycles. The van der Waals surface area contributed by atoms with Crippen LogP contribution in [0.4, 0.5) is 8.78 Å². The molecule has 6 nitrogen and oxygen atoms in total. The molecule has 0 radical (unpaired) electrons. The Morgan fingerprint density at radius 3 is 2.74 bits per heavy atom. The van der Waals surface area contributed by atoms with E-state index in [0.29, 0.717) is 27.6 Å². The molecule has 0 spiro atoms. The lowest BCUT2D eigenvalue weighted by atomic mass is 9.95. The molecule has 4 aromatic rings. The van der Waals surface area contributed by atoms with Crippen LogP contribution < -0.4 is 10.3 Å². The second kappa shape index (κ2) is 7.47. The summed E-state index contributed by atoms with van der Waals surface area (Å²) in [5.41, 5.74) is 3.66. The molecule has 0 bridgehead atoms. The molecule has 9 heteroatoms. The van der Waals surface area contributed by atoms with Crippen molar-refractivity contribution in [2.24, 2.45) is 0 Å². The smallest absolute Gasteiger partial charge is 0.387 e. The number of aliphatic hydroxyl groups is 1. The number of rotatable bonds is 4. The molecular formula is C22H16ClF2N3O3. The number of hydrogen-bond donors (Lipinski definition) is 2. The zero-order valence-corrected chi connectivity index (χ0v) is 16.7. The van der Waals surface area contributed by atoms with Gasteiger partial charge < -0.3 is 19.2 Å². The van der Waals surface area contributed by atoms with Gasteiger partial charge in [-0.1, -0.05) is 11.6 Å². The van der Waals surface area contributed by atoms with Gasteiger partial charge in [0.15, 0.2) is 0 Å². The van der Waals surface area contributed by atoms with Gasteiger partial charge in [-0.05, 0) is 53.9 Å². The highest BCUT2D eigenvalue weighted by Crippen LogP contribution is 2.47. The number of aromatic nitrogens is 3. The average Bonchev–Trinajstić information content (AvgIpc) is 3.27. The fourth-order valence-corrected chi connectivity index (χ4v) is 4.33. The number of nitrogens with one attached hydrogen (secondary N) is 1. The summed E-state index contributed by atoms with van der Waals surface area (Å²) in [6.45, 7) is -2.99. The number of aliphatic hydroxyl groups excluding tert-OH is 1. The van der Waals surface area contributed by atoms with Crippen LogP contribution >= 0.6 is 11.6 Å². The highest BCUT2D eigenvalue weighted by atomic mass is 35.5. The number of aromatic amines is 1. The Bertz CT molecular complexity index is 1330. The standard InChI is InChI=1S/C22H16ClF2N3O3/c23-13-3-4-17(31-22(24)25)14(7-13)15-8-16(29)20-21(15)28-10-12(1-5-18(28)27-20)11-2-6-19(30)26-9-11/h1-7,9-10,15-16,22,29H,8H2,(H,26,30). The third-order valence-electron chi connectivity index (χ3n) is 5.47. The van der Waals surface area contributed by atoms with Crippen molar-refractivity contribution in [3.8, 4) is 16.9 Å². The predicted octanol–water partition coefficient (Wildman–Crippen LogP) is 4.51. The van der Waals surface area contributed by atoms with Gasteiger partial charge in [0, 0.05) is 35.0 Å². The lowest BCUT2D eigenvalue weighted by molar-refractivity contribution is -0.0505. The Labute approximate surface area is 179 Å². The van der Waals surface area contributed by atoms with Gasteiger partial charge in [0.25, 0.3) is 0 Å². The van der Waals surface area contributed by atoms with E-state index in [1.54, 1.807) is 24.4 Å². The van der Waals surface area contributed by atoms with Gasteiger partial charge in [0.1, 0.15) is 11.4 Å². The van der Waals surface area contributed by atoms with Crippen LogP contribution in [-0.2, 0) is 0 Å². The van der Waals surface area contributed by atoms with Crippen LogP contribution in [0, 0.1) is 0 Å². The Kier molecular flexibility index (Phi) is 4.75. The molecule has 5 rings (SSSR count). The zero-order valence-electron chi connectivity index (χ0n) is 15.9. The molecule has 0 aliphatic heterocycles. The predicted molar refractivity (Wildman–Crippen MR) is 111 cm³/mol. The summed E-state index contributed by atoms with van der Waals surface area (Å²) in [5.74, 6) is -0.436. The number of benzene rings is 1. The lowest BCUT2D eigenvalue weighted by Gasteiger charge is -2.18. The summed E-state index contributed by atoms with van der Waals surface area (Å²) in [4.78, 5) is 18.6. The lowest BCUT2D eigenvalue weighted by Crippen LogP contribution is -2.08. The number of fused-ring (bicyclic) bond motifs is 3. The molecule has 0 fully saturated rings. The summed E-state index contributed by atoms with van der Waals surface area (Å²) in [6, 6.07) is 11.3. The minimum absolute atomic E-state index is 0.0104. The molecule has 1 aliphatic rings. The van der Waals surface area contributed by atoms with E-state index in [0.717, 1.165) is 11.1 Å². The number of nitrogens with zero attached hydrogens (tertiary/aromatic N) is 2. The Hall–Kier alpha value is -3.23. The zero-order chi connectivity index (χ0) is 21.7. The van der Waals surface area contributed by atoms with Crippen molar-refractivity contribution in [1.29, 1.82) is 0 Å². The van der Waals surface area contributed by atoms with Crippen LogP contribution in [0.3, 0.4) is 0 Å². The van der Waals surface area contributed by atoms with Gasteiger partial charge in [-0.25, -0.2) is 4.98 Å². The third kappa shape index (κ3) is 3.47. The fourth-order valence-electron chi connectivity index (χ4n) is 4.15. The SMILES string of the molecule is O=c1ccc(-c2ccc3nc4c(n3c2)C(c2cc(Cl)ccc2OC(F)F)CC4O)c[nH]1. The molecule has 0 saturated carbocycles. The molecule has 2 N–H and O–H groups in total. The molecule has 0 amide bonds. The van der Waals surface area contributed by atoms with Crippen molar-refractivity contribution in [2.45, 2.75) is 25.1 Å². The first kappa shape index (κ1) is 19.7. The van der Waals surface area contributed by atoms with E-state index in [2.05, 4.69) is 9.97 Å².